The Bertz CT molecular complexity index is 934. The summed E-state index contributed by atoms with van der Waals surface area (Å²) in [6.07, 6.45) is 2.32. The van der Waals surface area contributed by atoms with E-state index in [0.717, 1.165) is 18.4 Å². The molecule has 0 radical (unpaired) electrons. The van der Waals surface area contributed by atoms with Crippen molar-refractivity contribution in [3.8, 4) is 0 Å². The molecule has 2 heterocycles. The first-order valence-corrected chi connectivity index (χ1v) is 11.7. The van der Waals surface area contributed by atoms with Gasteiger partial charge in [0.05, 0.1) is 12.6 Å². The number of nitrogens with one attached hydrogen (secondary N) is 1. The number of benzene rings is 1. The Labute approximate surface area is 199 Å². The molecule has 0 aromatic heterocycles. The van der Waals surface area contributed by atoms with Gasteiger partial charge in [-0.3, -0.25) is 9.69 Å². The van der Waals surface area contributed by atoms with Gasteiger partial charge in [0.25, 0.3) is 11.1 Å². The van der Waals surface area contributed by atoms with Crippen LogP contribution in [0.4, 0.5) is 4.79 Å². The molecule has 1 aromatic rings. The quantitative estimate of drug-likeness (QED) is 0.498. The fourth-order valence-electron chi connectivity index (χ4n) is 4.39. The molecule has 3 aliphatic rings. The van der Waals surface area contributed by atoms with Crippen LogP contribution in [0.25, 0.3) is 0 Å². The lowest BCUT2D eigenvalue weighted by molar-refractivity contribution is -0.144. The third-order valence-electron chi connectivity index (χ3n) is 5.95. The van der Waals surface area contributed by atoms with Crippen molar-refractivity contribution in [2.45, 2.75) is 70.1 Å². The number of amides is 2. The molecule has 4 atom stereocenters. The molecule has 178 valence electrons. The second-order valence-electron chi connectivity index (χ2n) is 8.88. The van der Waals surface area contributed by atoms with Gasteiger partial charge < -0.3 is 24.3 Å². The predicted molar refractivity (Wildman–Crippen MR) is 124 cm³/mol. The standard InChI is InChI=1S/C24H30N2O6S/c1-4-5-11-29-22(28)25-17-12-16(13-19-20(17)32-24(2,3)31-19)21(27)26-18(14-30-23(26)33)15-9-7-6-8-10-15/h6-10,13,17-20H,4-5,11-12,14H2,1-3H3,(H,25,28)/t17?,18-,19?,20?/m0/s1. The Kier molecular flexibility index (Phi) is 7.02. The normalized spacial score (nSPS) is 28.0. The summed E-state index contributed by atoms with van der Waals surface area (Å²) in [5.74, 6) is -1.10. The van der Waals surface area contributed by atoms with E-state index in [1.165, 1.54) is 4.90 Å². The monoisotopic (exact) mass is 474 g/mol. The van der Waals surface area contributed by atoms with Crippen LogP contribution < -0.4 is 5.32 Å². The highest BCUT2D eigenvalue weighted by atomic mass is 32.1. The zero-order chi connectivity index (χ0) is 23.6. The molecule has 2 saturated heterocycles. The molecule has 0 bridgehead atoms. The highest BCUT2D eigenvalue weighted by Gasteiger charge is 2.49. The number of ether oxygens (including phenoxy) is 4. The Balaban J connectivity index is 1.55. The Hall–Kier alpha value is -2.49. The van der Waals surface area contributed by atoms with E-state index in [1.807, 2.05) is 51.1 Å². The molecule has 1 N–H and O–H groups in total. The molecule has 1 aliphatic carbocycles. The predicted octanol–water partition coefficient (Wildman–Crippen LogP) is 3.62. The molecule has 2 fully saturated rings. The smallest absolute Gasteiger partial charge is 0.407 e. The van der Waals surface area contributed by atoms with E-state index in [-0.39, 0.29) is 23.5 Å². The number of unbranched alkanes of at least 4 members (excludes halogenated alkanes) is 1. The highest BCUT2D eigenvalue weighted by molar-refractivity contribution is 7.80. The number of alkyl carbamates (subject to hydrolysis) is 1. The van der Waals surface area contributed by atoms with Gasteiger partial charge in [0, 0.05) is 12.0 Å². The van der Waals surface area contributed by atoms with Crippen LogP contribution in [0, 0.1) is 0 Å². The molecule has 2 aliphatic heterocycles. The summed E-state index contributed by atoms with van der Waals surface area (Å²) in [5.41, 5.74) is 1.43. The SMILES string of the molecule is CCCCOC(=O)NC1CC(C(=O)N2C(=S)OC[C@H]2c2ccccc2)=CC2OC(C)(C)OC12. The van der Waals surface area contributed by atoms with Gasteiger partial charge in [-0.1, -0.05) is 43.7 Å². The van der Waals surface area contributed by atoms with Crippen molar-refractivity contribution in [2.75, 3.05) is 13.2 Å². The van der Waals surface area contributed by atoms with Crippen molar-refractivity contribution >= 4 is 29.4 Å². The van der Waals surface area contributed by atoms with Gasteiger partial charge in [0.15, 0.2) is 5.79 Å². The minimum Gasteiger partial charge on any atom is -0.468 e. The highest BCUT2D eigenvalue weighted by Crippen LogP contribution is 2.38. The number of fused-ring (bicyclic) bond motifs is 1. The number of carbonyl (C=O) groups excluding carboxylic acids is 2. The molecule has 0 saturated carbocycles. The molecule has 33 heavy (non-hydrogen) atoms. The second kappa shape index (κ2) is 9.79. The minimum absolute atomic E-state index is 0.143. The molecular formula is C24H30N2O6S. The number of rotatable bonds is 6. The molecule has 2 amide bonds. The van der Waals surface area contributed by atoms with Gasteiger partial charge in [-0.2, -0.15) is 0 Å². The summed E-state index contributed by atoms with van der Waals surface area (Å²) >= 11 is 5.36. The maximum Gasteiger partial charge on any atom is 0.407 e. The number of nitrogens with zero attached hydrogens (tertiary/aromatic N) is 1. The number of thiocarbonyl (C=S) groups is 1. The summed E-state index contributed by atoms with van der Waals surface area (Å²) in [4.78, 5) is 27.5. The Morgan fingerprint density at radius 3 is 2.73 bits per heavy atom. The number of carbonyl (C=O) groups is 2. The topological polar surface area (TPSA) is 86.3 Å². The molecule has 1 aromatic carbocycles. The molecule has 8 nitrogen and oxygen atoms in total. The van der Waals surface area contributed by atoms with Crippen LogP contribution in [0.15, 0.2) is 42.0 Å². The third-order valence-corrected chi connectivity index (χ3v) is 6.27. The van der Waals surface area contributed by atoms with Gasteiger partial charge in [0.2, 0.25) is 0 Å². The van der Waals surface area contributed by atoms with Crippen LogP contribution in [0.3, 0.4) is 0 Å². The number of hydrogen-bond acceptors (Lipinski definition) is 7. The Morgan fingerprint density at radius 2 is 2.00 bits per heavy atom. The van der Waals surface area contributed by atoms with Crippen molar-refractivity contribution in [2.24, 2.45) is 0 Å². The van der Waals surface area contributed by atoms with E-state index in [2.05, 4.69) is 5.32 Å². The van der Waals surface area contributed by atoms with Crippen LogP contribution >= 0.6 is 12.2 Å². The van der Waals surface area contributed by atoms with Crippen molar-refractivity contribution in [1.82, 2.24) is 10.2 Å². The first-order valence-electron chi connectivity index (χ1n) is 11.3. The van der Waals surface area contributed by atoms with Gasteiger partial charge in [-0.25, -0.2) is 4.79 Å². The molecular weight excluding hydrogens is 444 g/mol. The zero-order valence-corrected chi connectivity index (χ0v) is 19.9. The van der Waals surface area contributed by atoms with Crippen LogP contribution in [0.5, 0.6) is 0 Å². The zero-order valence-electron chi connectivity index (χ0n) is 19.1. The van der Waals surface area contributed by atoms with Crippen molar-refractivity contribution in [3.63, 3.8) is 0 Å². The van der Waals surface area contributed by atoms with Gasteiger partial charge in [0.1, 0.15) is 24.9 Å². The van der Waals surface area contributed by atoms with E-state index < -0.39 is 30.1 Å². The Morgan fingerprint density at radius 1 is 1.24 bits per heavy atom. The van der Waals surface area contributed by atoms with E-state index in [9.17, 15) is 9.59 Å². The van der Waals surface area contributed by atoms with Gasteiger partial charge >= 0.3 is 6.09 Å². The lowest BCUT2D eigenvalue weighted by Crippen LogP contribution is -2.51. The second-order valence-corrected chi connectivity index (χ2v) is 9.23. The maximum absolute atomic E-state index is 13.6. The van der Waals surface area contributed by atoms with E-state index in [0.29, 0.717) is 18.8 Å². The third kappa shape index (κ3) is 5.20. The molecule has 0 spiro atoms. The summed E-state index contributed by atoms with van der Waals surface area (Å²) in [6.45, 7) is 6.28. The summed E-state index contributed by atoms with van der Waals surface area (Å²) in [6, 6.07) is 8.85. The number of hydrogen-bond donors (Lipinski definition) is 1. The van der Waals surface area contributed by atoms with Crippen LogP contribution in [-0.2, 0) is 23.7 Å². The van der Waals surface area contributed by atoms with Gasteiger partial charge in [-0.15, -0.1) is 0 Å². The van der Waals surface area contributed by atoms with Crippen molar-refractivity contribution < 1.29 is 28.5 Å². The fourth-order valence-corrected chi connectivity index (χ4v) is 4.67. The largest absolute Gasteiger partial charge is 0.468 e. The van der Waals surface area contributed by atoms with Crippen molar-refractivity contribution in [1.29, 1.82) is 0 Å². The van der Waals surface area contributed by atoms with Crippen LogP contribution in [0.2, 0.25) is 0 Å². The lowest BCUT2D eigenvalue weighted by Gasteiger charge is -2.32. The van der Waals surface area contributed by atoms with E-state index in [4.69, 9.17) is 31.2 Å². The first-order chi connectivity index (χ1) is 15.8. The average Bonchev–Trinajstić information content (AvgIpc) is 3.32. The van der Waals surface area contributed by atoms with Crippen molar-refractivity contribution in [3.05, 3.63) is 47.5 Å². The molecule has 3 unspecified atom stereocenters. The summed E-state index contributed by atoms with van der Waals surface area (Å²) in [5, 5.41) is 3.02. The molecule has 4 rings (SSSR count). The van der Waals surface area contributed by atoms with Gasteiger partial charge in [-0.05, 0) is 44.1 Å². The van der Waals surface area contributed by atoms with Crippen LogP contribution in [0.1, 0.15) is 51.6 Å². The first kappa shape index (κ1) is 23.7. The van der Waals surface area contributed by atoms with E-state index in [1.54, 1.807) is 6.08 Å². The van der Waals surface area contributed by atoms with Crippen LogP contribution in [-0.4, -0.2) is 59.3 Å². The maximum atomic E-state index is 13.6. The van der Waals surface area contributed by atoms with E-state index >= 15 is 0 Å². The average molecular weight is 475 g/mol. The fraction of sp³-hybridized carbons (Fsp3) is 0.542. The summed E-state index contributed by atoms with van der Waals surface area (Å²) < 4.78 is 22.9. The minimum atomic E-state index is -0.838. The lowest BCUT2D eigenvalue weighted by atomic mass is 9.89. The summed E-state index contributed by atoms with van der Waals surface area (Å²) in [7, 11) is 0. The molecule has 9 heteroatoms.